The van der Waals surface area contributed by atoms with E-state index in [0.29, 0.717) is 17.5 Å². The molecule has 0 saturated heterocycles. The van der Waals surface area contributed by atoms with Gasteiger partial charge in [-0.15, -0.1) is 11.3 Å². The molecule has 2 aromatic heterocycles. The minimum Gasteiger partial charge on any atom is -0.208 e. The number of hydrogen-bond donors (Lipinski definition) is 0. The van der Waals surface area contributed by atoms with Gasteiger partial charge in [0.1, 0.15) is 0 Å². The molecular formula is C47H29N3S. The molecule has 4 heteroatoms. The van der Waals surface area contributed by atoms with Gasteiger partial charge in [-0.25, -0.2) is 15.0 Å². The quantitative estimate of drug-likeness (QED) is 0.171. The third-order valence-electron chi connectivity index (χ3n) is 9.71. The van der Waals surface area contributed by atoms with Gasteiger partial charge in [0.15, 0.2) is 17.5 Å². The molecule has 3 nitrogen and oxygen atoms in total. The molecule has 0 bridgehead atoms. The van der Waals surface area contributed by atoms with Crippen LogP contribution in [0.1, 0.15) is 0 Å². The Morgan fingerprint density at radius 2 is 0.882 bits per heavy atom. The first-order valence-corrected chi connectivity index (χ1v) is 17.9. The minimum atomic E-state index is 0.650. The first kappa shape index (κ1) is 29.4. The molecule has 2 heterocycles. The monoisotopic (exact) mass is 667 g/mol. The third kappa shape index (κ3) is 5.16. The van der Waals surface area contributed by atoms with E-state index in [1.165, 1.54) is 58.4 Å². The summed E-state index contributed by atoms with van der Waals surface area (Å²) in [7, 11) is 0. The van der Waals surface area contributed by atoms with Crippen LogP contribution in [0, 0.1) is 0 Å². The van der Waals surface area contributed by atoms with Crippen LogP contribution in [0.2, 0.25) is 0 Å². The minimum absolute atomic E-state index is 0.650. The van der Waals surface area contributed by atoms with Crippen molar-refractivity contribution >= 4 is 53.1 Å². The van der Waals surface area contributed by atoms with Crippen LogP contribution in [0.3, 0.4) is 0 Å². The molecule has 0 aliphatic rings. The van der Waals surface area contributed by atoms with Gasteiger partial charge >= 0.3 is 0 Å². The number of rotatable bonds is 5. The molecule has 0 amide bonds. The smallest absolute Gasteiger partial charge is 0.164 e. The van der Waals surface area contributed by atoms with Gasteiger partial charge in [0.05, 0.1) is 0 Å². The zero-order valence-electron chi connectivity index (χ0n) is 27.5. The van der Waals surface area contributed by atoms with Crippen LogP contribution in [0.25, 0.3) is 98.1 Å². The number of aromatic nitrogens is 3. The van der Waals surface area contributed by atoms with Crippen molar-refractivity contribution in [2.24, 2.45) is 0 Å². The number of thiophene rings is 1. The van der Waals surface area contributed by atoms with Crippen LogP contribution in [0.5, 0.6) is 0 Å². The molecule has 51 heavy (non-hydrogen) atoms. The Balaban J connectivity index is 1.14. The van der Waals surface area contributed by atoms with Gasteiger partial charge in [0, 0.05) is 36.9 Å². The van der Waals surface area contributed by atoms with Gasteiger partial charge in [-0.3, -0.25) is 0 Å². The predicted octanol–water partition coefficient (Wildman–Crippen LogP) is 12.9. The van der Waals surface area contributed by atoms with Gasteiger partial charge in [0.2, 0.25) is 0 Å². The first-order chi connectivity index (χ1) is 25.3. The molecule has 0 aliphatic heterocycles. The Morgan fingerprint density at radius 3 is 1.63 bits per heavy atom. The van der Waals surface area contributed by atoms with Crippen molar-refractivity contribution in [1.82, 2.24) is 15.0 Å². The molecule has 238 valence electrons. The maximum atomic E-state index is 5.01. The number of nitrogens with zero attached hydrogens (tertiary/aromatic N) is 3. The highest BCUT2D eigenvalue weighted by Crippen LogP contribution is 2.43. The summed E-state index contributed by atoms with van der Waals surface area (Å²) in [5, 5.41) is 7.62. The van der Waals surface area contributed by atoms with Crippen molar-refractivity contribution < 1.29 is 0 Å². The third-order valence-corrected chi connectivity index (χ3v) is 10.8. The van der Waals surface area contributed by atoms with Crippen LogP contribution < -0.4 is 0 Å². The standard InChI is InChI=1S/C47H29N3S/c1-3-13-30(14-4-1)45-48-46(31-15-5-2-6-16-31)50-47(49-45)35-19-11-18-32(27-35)37-23-12-24-43-44(37)41-29-34(25-26-42(41)51-43)40-28-33-17-7-8-20-36(33)38-21-9-10-22-39(38)40/h1-29H. The lowest BCUT2D eigenvalue weighted by Crippen LogP contribution is -2.00. The Morgan fingerprint density at radius 1 is 0.314 bits per heavy atom. The SMILES string of the molecule is c1ccc(-c2nc(-c3ccccc3)nc(-c3cccc(-c4cccc5sc6ccc(-c7cc8ccccc8c8ccccc78)cc6c45)c3)n2)cc1. The van der Waals surface area contributed by atoms with Gasteiger partial charge in [0.25, 0.3) is 0 Å². The Bertz CT molecular complexity index is 2860. The van der Waals surface area contributed by atoms with Crippen molar-refractivity contribution in [3.63, 3.8) is 0 Å². The summed E-state index contributed by atoms with van der Waals surface area (Å²) in [6, 6.07) is 62.3. The highest BCUT2D eigenvalue weighted by molar-refractivity contribution is 7.26. The Kier molecular flexibility index (Phi) is 7.00. The van der Waals surface area contributed by atoms with Crippen molar-refractivity contribution in [2.75, 3.05) is 0 Å². The molecule has 0 aliphatic carbocycles. The van der Waals surface area contributed by atoms with E-state index in [1.54, 1.807) is 0 Å². The zero-order valence-corrected chi connectivity index (χ0v) is 28.3. The van der Waals surface area contributed by atoms with Crippen molar-refractivity contribution in [3.05, 3.63) is 176 Å². The second-order valence-corrected chi connectivity index (χ2v) is 13.9. The van der Waals surface area contributed by atoms with Crippen LogP contribution in [-0.2, 0) is 0 Å². The average Bonchev–Trinajstić information content (AvgIpc) is 3.59. The molecule has 10 aromatic rings. The summed E-state index contributed by atoms with van der Waals surface area (Å²) in [5.41, 5.74) is 7.66. The molecule has 0 spiro atoms. The lowest BCUT2D eigenvalue weighted by molar-refractivity contribution is 1.07. The molecule has 0 radical (unpaired) electrons. The summed E-state index contributed by atoms with van der Waals surface area (Å²) in [6.07, 6.45) is 0. The summed E-state index contributed by atoms with van der Waals surface area (Å²) < 4.78 is 2.55. The van der Waals surface area contributed by atoms with E-state index in [-0.39, 0.29) is 0 Å². The van der Waals surface area contributed by atoms with Crippen LogP contribution >= 0.6 is 11.3 Å². The van der Waals surface area contributed by atoms with E-state index in [2.05, 4.69) is 115 Å². The molecule has 0 N–H and O–H groups in total. The lowest BCUT2D eigenvalue weighted by atomic mass is 9.92. The van der Waals surface area contributed by atoms with Gasteiger partial charge in [-0.05, 0) is 74.1 Å². The van der Waals surface area contributed by atoms with Crippen LogP contribution in [-0.4, -0.2) is 15.0 Å². The normalized spacial score (nSPS) is 11.5. The average molecular weight is 668 g/mol. The van der Waals surface area contributed by atoms with E-state index in [4.69, 9.17) is 15.0 Å². The first-order valence-electron chi connectivity index (χ1n) is 17.1. The summed E-state index contributed by atoms with van der Waals surface area (Å²) in [5.74, 6) is 1.96. The van der Waals surface area contributed by atoms with E-state index in [9.17, 15) is 0 Å². The fourth-order valence-corrected chi connectivity index (χ4v) is 8.40. The molecule has 0 unspecified atom stereocenters. The highest BCUT2D eigenvalue weighted by atomic mass is 32.1. The maximum Gasteiger partial charge on any atom is 0.164 e. The second-order valence-electron chi connectivity index (χ2n) is 12.8. The number of benzene rings is 8. The van der Waals surface area contributed by atoms with Crippen LogP contribution in [0.15, 0.2) is 176 Å². The summed E-state index contributed by atoms with van der Waals surface area (Å²) >= 11 is 1.85. The van der Waals surface area contributed by atoms with E-state index in [0.717, 1.165) is 22.3 Å². The van der Waals surface area contributed by atoms with Crippen molar-refractivity contribution in [1.29, 1.82) is 0 Å². The fourth-order valence-electron chi connectivity index (χ4n) is 7.29. The molecule has 0 saturated carbocycles. The maximum absolute atomic E-state index is 5.01. The van der Waals surface area contributed by atoms with Crippen molar-refractivity contribution in [2.45, 2.75) is 0 Å². The summed E-state index contributed by atoms with van der Waals surface area (Å²) in [6.45, 7) is 0. The molecule has 0 fully saturated rings. The largest absolute Gasteiger partial charge is 0.208 e. The fraction of sp³-hybridized carbons (Fsp3) is 0. The molecular weight excluding hydrogens is 639 g/mol. The number of fused-ring (bicyclic) bond motifs is 6. The van der Waals surface area contributed by atoms with Crippen LogP contribution in [0.4, 0.5) is 0 Å². The molecule has 10 rings (SSSR count). The van der Waals surface area contributed by atoms with E-state index >= 15 is 0 Å². The second kappa shape index (κ2) is 12.1. The highest BCUT2D eigenvalue weighted by Gasteiger charge is 2.16. The lowest BCUT2D eigenvalue weighted by Gasteiger charge is -2.12. The summed E-state index contributed by atoms with van der Waals surface area (Å²) in [4.78, 5) is 14.9. The Labute approximate surface area is 299 Å². The van der Waals surface area contributed by atoms with Gasteiger partial charge in [-0.2, -0.15) is 0 Å². The Hall–Kier alpha value is -6.49. The van der Waals surface area contributed by atoms with Gasteiger partial charge < -0.3 is 0 Å². The van der Waals surface area contributed by atoms with Crippen molar-refractivity contribution in [3.8, 4) is 56.4 Å². The topological polar surface area (TPSA) is 38.7 Å². The van der Waals surface area contributed by atoms with E-state index < -0.39 is 0 Å². The van der Waals surface area contributed by atoms with E-state index in [1.807, 2.05) is 72.0 Å². The predicted molar refractivity (Wildman–Crippen MR) is 215 cm³/mol. The zero-order chi connectivity index (χ0) is 33.7. The molecule has 0 atom stereocenters. The molecule has 8 aromatic carbocycles. The van der Waals surface area contributed by atoms with Gasteiger partial charge in [-0.1, -0.05) is 146 Å². The number of hydrogen-bond acceptors (Lipinski definition) is 4.